The molecule has 7 heteroatoms. The average Bonchev–Trinajstić information content (AvgIpc) is 2.53. The predicted molar refractivity (Wildman–Crippen MR) is 90.6 cm³/mol. The largest absolute Gasteiger partial charge is 0.486 e. The second-order valence-electron chi connectivity index (χ2n) is 6.31. The van der Waals surface area contributed by atoms with Gasteiger partial charge in [-0.05, 0) is 32.9 Å². The Bertz CT molecular complexity index is 603. The number of quaternary nitrogens is 1. The zero-order valence-corrected chi connectivity index (χ0v) is 14.6. The average molecular weight is 336 g/mol. The van der Waals surface area contributed by atoms with Gasteiger partial charge in [0, 0.05) is 17.8 Å². The van der Waals surface area contributed by atoms with E-state index in [0.717, 1.165) is 4.90 Å². The first-order chi connectivity index (χ1) is 11.4. The molecule has 0 bridgehead atoms. The number of anilines is 1. The maximum atomic E-state index is 12.4. The predicted octanol–water partition coefficient (Wildman–Crippen LogP) is -0.176. The smallest absolute Gasteiger partial charge is 0.282 e. The number of fused-ring (bicyclic) bond motifs is 1. The summed E-state index contributed by atoms with van der Waals surface area (Å²) in [6, 6.07) is 5.03. The lowest BCUT2D eigenvalue weighted by Gasteiger charge is -2.22. The quantitative estimate of drug-likeness (QED) is 0.673. The Balaban J connectivity index is 1.92. The Hall–Kier alpha value is -2.28. The molecule has 0 fully saturated rings. The lowest BCUT2D eigenvalue weighted by atomic mass is 10.2. The van der Waals surface area contributed by atoms with E-state index in [9.17, 15) is 9.59 Å². The molecule has 1 aliphatic rings. The van der Waals surface area contributed by atoms with Crippen molar-refractivity contribution in [3.63, 3.8) is 0 Å². The third-order valence-corrected chi connectivity index (χ3v) is 3.83. The van der Waals surface area contributed by atoms with Gasteiger partial charge in [0.15, 0.2) is 24.1 Å². The van der Waals surface area contributed by atoms with E-state index in [1.165, 1.54) is 0 Å². The number of nitrogens with one attached hydrogen (secondary N) is 3. The van der Waals surface area contributed by atoms with Crippen LogP contribution in [-0.4, -0.2) is 50.7 Å². The fourth-order valence-corrected chi connectivity index (χ4v) is 2.37. The van der Waals surface area contributed by atoms with Crippen molar-refractivity contribution in [2.24, 2.45) is 0 Å². The van der Waals surface area contributed by atoms with Crippen LogP contribution in [0.1, 0.15) is 20.8 Å². The van der Waals surface area contributed by atoms with Crippen LogP contribution in [0.2, 0.25) is 0 Å². The maximum Gasteiger partial charge on any atom is 0.282 e. The Kier molecular flexibility index (Phi) is 6.03. The Morgan fingerprint density at radius 3 is 2.50 bits per heavy atom. The van der Waals surface area contributed by atoms with E-state index in [-0.39, 0.29) is 30.4 Å². The molecule has 1 aromatic carbocycles. The normalized spacial score (nSPS) is 15.5. The zero-order valence-electron chi connectivity index (χ0n) is 14.6. The highest BCUT2D eigenvalue weighted by Gasteiger charge is 2.24. The van der Waals surface area contributed by atoms with Crippen molar-refractivity contribution in [2.75, 3.05) is 32.1 Å². The van der Waals surface area contributed by atoms with E-state index in [0.29, 0.717) is 30.4 Å². The van der Waals surface area contributed by atoms with Gasteiger partial charge in [0.25, 0.3) is 11.8 Å². The third-order valence-electron chi connectivity index (χ3n) is 3.83. The van der Waals surface area contributed by atoms with E-state index in [1.54, 1.807) is 25.1 Å². The van der Waals surface area contributed by atoms with Gasteiger partial charge < -0.3 is 25.0 Å². The Morgan fingerprint density at radius 2 is 1.83 bits per heavy atom. The molecule has 3 N–H and O–H groups in total. The molecule has 0 spiro atoms. The van der Waals surface area contributed by atoms with Crippen LogP contribution in [-0.2, 0) is 9.59 Å². The van der Waals surface area contributed by atoms with Crippen LogP contribution in [0.15, 0.2) is 18.2 Å². The second kappa shape index (κ2) is 8.01. The van der Waals surface area contributed by atoms with Crippen LogP contribution in [0.4, 0.5) is 5.69 Å². The van der Waals surface area contributed by atoms with E-state index in [2.05, 4.69) is 10.6 Å². The molecule has 1 aliphatic heterocycles. The monoisotopic (exact) mass is 336 g/mol. The van der Waals surface area contributed by atoms with E-state index in [1.807, 2.05) is 20.9 Å². The third kappa shape index (κ3) is 4.86. The molecule has 7 nitrogen and oxygen atoms in total. The summed E-state index contributed by atoms with van der Waals surface area (Å²) >= 11 is 0. The summed E-state index contributed by atoms with van der Waals surface area (Å²) in [5.41, 5.74) is 0.649. The fraction of sp³-hybridized carbons (Fsp3) is 0.529. The first-order valence-corrected chi connectivity index (χ1v) is 8.19. The van der Waals surface area contributed by atoms with Crippen molar-refractivity contribution >= 4 is 17.5 Å². The van der Waals surface area contributed by atoms with Crippen molar-refractivity contribution in [1.29, 1.82) is 0 Å². The van der Waals surface area contributed by atoms with Crippen LogP contribution >= 0.6 is 0 Å². The number of amides is 2. The van der Waals surface area contributed by atoms with Crippen LogP contribution in [0.3, 0.4) is 0 Å². The first kappa shape index (κ1) is 18.1. The Morgan fingerprint density at radius 1 is 1.17 bits per heavy atom. The van der Waals surface area contributed by atoms with Gasteiger partial charge >= 0.3 is 0 Å². The summed E-state index contributed by atoms with van der Waals surface area (Å²) in [6.45, 7) is 6.89. The number of benzene rings is 1. The van der Waals surface area contributed by atoms with Crippen LogP contribution in [0.25, 0.3) is 0 Å². The molecular formula is C17H26N3O4+. The number of rotatable bonds is 6. The van der Waals surface area contributed by atoms with Gasteiger partial charge in [0.05, 0.1) is 7.05 Å². The molecule has 2 atom stereocenters. The van der Waals surface area contributed by atoms with Gasteiger partial charge in [0.1, 0.15) is 13.2 Å². The summed E-state index contributed by atoms with van der Waals surface area (Å²) in [4.78, 5) is 25.0. The molecule has 1 aromatic rings. The number of likely N-dealkylation sites (N-methyl/N-ethyl adjacent to an activating group) is 1. The number of carbonyl (C=O) groups excluding carboxylic acids is 2. The molecule has 0 aliphatic carbocycles. The molecule has 0 saturated heterocycles. The molecule has 0 saturated carbocycles. The number of carbonyl (C=O) groups is 2. The molecule has 2 rings (SSSR count). The highest BCUT2D eigenvalue weighted by Crippen LogP contribution is 2.32. The van der Waals surface area contributed by atoms with Gasteiger partial charge in [-0.1, -0.05) is 0 Å². The minimum atomic E-state index is -0.365. The fourth-order valence-electron chi connectivity index (χ4n) is 2.37. The van der Waals surface area contributed by atoms with Crippen molar-refractivity contribution in [3.8, 4) is 11.5 Å². The first-order valence-electron chi connectivity index (χ1n) is 8.19. The molecule has 132 valence electrons. The topological polar surface area (TPSA) is 81.1 Å². The standard InChI is InChI=1S/C17H25N3O4/c1-11(2)18-16(21)10-20(4)12(3)17(22)19-13-5-6-14-15(9-13)24-8-7-23-14/h5-6,9,11-12H,7-8,10H2,1-4H3,(H,18,21)(H,19,22)/p+1/t12-/m1/s1. The van der Waals surface area contributed by atoms with E-state index >= 15 is 0 Å². The molecule has 1 heterocycles. The highest BCUT2D eigenvalue weighted by atomic mass is 16.6. The lowest BCUT2D eigenvalue weighted by molar-refractivity contribution is -0.885. The van der Waals surface area contributed by atoms with Crippen LogP contribution < -0.4 is 25.0 Å². The van der Waals surface area contributed by atoms with Gasteiger partial charge in [-0.15, -0.1) is 0 Å². The van der Waals surface area contributed by atoms with Crippen LogP contribution in [0.5, 0.6) is 11.5 Å². The SMILES string of the molecule is CC(C)NC(=O)C[NH+](C)[C@H](C)C(=O)Nc1ccc2c(c1)OCCO2. The Labute approximate surface area is 142 Å². The molecule has 2 amide bonds. The minimum absolute atomic E-state index is 0.0681. The van der Waals surface area contributed by atoms with Crippen molar-refractivity contribution in [1.82, 2.24) is 5.32 Å². The summed E-state index contributed by atoms with van der Waals surface area (Å²) < 4.78 is 11.0. The number of hydrogen-bond acceptors (Lipinski definition) is 4. The van der Waals surface area contributed by atoms with Gasteiger partial charge in [-0.25, -0.2) is 0 Å². The molecule has 24 heavy (non-hydrogen) atoms. The summed E-state index contributed by atoms with van der Waals surface area (Å²) in [5, 5.41) is 5.69. The molecule has 0 aromatic heterocycles. The van der Waals surface area contributed by atoms with Gasteiger partial charge in [-0.2, -0.15) is 0 Å². The van der Waals surface area contributed by atoms with Crippen molar-refractivity contribution < 1.29 is 24.0 Å². The zero-order chi connectivity index (χ0) is 17.7. The lowest BCUT2D eigenvalue weighted by Crippen LogP contribution is -3.15. The number of ether oxygens (including phenoxy) is 2. The van der Waals surface area contributed by atoms with Gasteiger partial charge in [0.2, 0.25) is 0 Å². The summed E-state index contributed by atoms with van der Waals surface area (Å²) in [5.74, 6) is 1.09. The highest BCUT2D eigenvalue weighted by molar-refractivity contribution is 5.94. The summed E-state index contributed by atoms with van der Waals surface area (Å²) in [7, 11) is 1.83. The van der Waals surface area contributed by atoms with Crippen LogP contribution in [0, 0.1) is 0 Å². The van der Waals surface area contributed by atoms with Crippen molar-refractivity contribution in [2.45, 2.75) is 32.9 Å². The van der Waals surface area contributed by atoms with Gasteiger partial charge in [-0.3, -0.25) is 9.59 Å². The van der Waals surface area contributed by atoms with E-state index in [4.69, 9.17) is 9.47 Å². The second-order valence-corrected chi connectivity index (χ2v) is 6.31. The van der Waals surface area contributed by atoms with Crippen molar-refractivity contribution in [3.05, 3.63) is 18.2 Å². The summed E-state index contributed by atoms with van der Waals surface area (Å²) in [6.07, 6.45) is 0. The maximum absolute atomic E-state index is 12.4. The van der Waals surface area contributed by atoms with E-state index < -0.39 is 0 Å². The number of hydrogen-bond donors (Lipinski definition) is 3. The molecule has 0 radical (unpaired) electrons. The molecule has 1 unspecified atom stereocenters. The minimum Gasteiger partial charge on any atom is -0.486 e. The molecular weight excluding hydrogens is 310 g/mol.